The van der Waals surface area contributed by atoms with Gasteiger partial charge >= 0.3 is 0 Å². The van der Waals surface area contributed by atoms with E-state index >= 15 is 0 Å². The molecule has 0 radical (unpaired) electrons. The number of carbonyl (C=O) groups excluding carboxylic acids is 1. The number of thiophene rings is 1. The maximum absolute atomic E-state index is 13.5. The van der Waals surface area contributed by atoms with E-state index in [2.05, 4.69) is 26.1 Å². The topological polar surface area (TPSA) is 84.6 Å². The Bertz CT molecular complexity index is 1560. The minimum Gasteiger partial charge on any atom is -0.322 e. The number of rotatable bonds is 7. The average molecular weight is 570 g/mol. The van der Waals surface area contributed by atoms with Crippen LogP contribution in [0, 0.1) is 21.4 Å². The molecule has 1 amide bonds. The lowest BCUT2D eigenvalue weighted by atomic mass is 9.72. The van der Waals surface area contributed by atoms with Gasteiger partial charge in [-0.2, -0.15) is 0 Å². The number of amides is 1. The fourth-order valence-electron chi connectivity index (χ4n) is 4.94. The molecule has 0 fully saturated rings. The minimum atomic E-state index is -0.363. The summed E-state index contributed by atoms with van der Waals surface area (Å²) < 4.78 is 0. The van der Waals surface area contributed by atoms with Crippen LogP contribution in [0.25, 0.3) is 0 Å². The zero-order chi connectivity index (χ0) is 28.3. The molecule has 3 aromatic carbocycles. The summed E-state index contributed by atoms with van der Waals surface area (Å²) >= 11 is 2.91. The summed E-state index contributed by atoms with van der Waals surface area (Å²) in [5.41, 5.74) is 3.23. The lowest BCUT2D eigenvalue weighted by Crippen LogP contribution is -2.27. The Morgan fingerprint density at radius 3 is 2.45 bits per heavy atom. The Kier molecular flexibility index (Phi) is 8.19. The molecule has 6 nitrogen and oxygen atoms in total. The van der Waals surface area contributed by atoms with E-state index in [1.807, 2.05) is 66.7 Å². The molecule has 1 atom stereocenters. The summed E-state index contributed by atoms with van der Waals surface area (Å²) in [5.74, 6) is 0.350. The van der Waals surface area contributed by atoms with E-state index in [0.29, 0.717) is 26.9 Å². The molecular weight excluding hydrogens is 539 g/mol. The molecule has 4 aromatic rings. The van der Waals surface area contributed by atoms with Crippen molar-refractivity contribution in [2.24, 2.45) is 16.3 Å². The number of carbonyl (C=O) groups is 1. The third-order valence-corrected chi connectivity index (χ3v) is 9.45. The number of nitro benzene ring substituents is 1. The maximum atomic E-state index is 13.5. The summed E-state index contributed by atoms with van der Waals surface area (Å²) in [7, 11) is 0. The molecular formula is C32H31N3O3S2. The summed E-state index contributed by atoms with van der Waals surface area (Å²) in [5, 5.41) is 15.6. The highest BCUT2D eigenvalue weighted by atomic mass is 32.2. The van der Waals surface area contributed by atoms with Gasteiger partial charge in [0, 0.05) is 27.7 Å². The van der Waals surface area contributed by atoms with Crippen molar-refractivity contribution >= 4 is 51.6 Å². The van der Waals surface area contributed by atoms with Crippen LogP contribution in [0.5, 0.6) is 0 Å². The van der Waals surface area contributed by atoms with Crippen LogP contribution in [0.1, 0.15) is 53.6 Å². The summed E-state index contributed by atoms with van der Waals surface area (Å²) in [6, 6.07) is 24.1. The number of hydrogen-bond acceptors (Lipinski definition) is 6. The minimum absolute atomic E-state index is 0.0262. The van der Waals surface area contributed by atoms with Gasteiger partial charge in [-0.1, -0.05) is 75.0 Å². The van der Waals surface area contributed by atoms with Crippen LogP contribution in [-0.2, 0) is 12.8 Å². The molecule has 8 heteroatoms. The SMILES string of the molecule is CC(C)(C)[C@@H]1CCc2c(sc(N=Cc3ccc(Sc4ccccc4)c([N+](=O)[O-])c3)c2C(=O)Nc2ccccc2)C1. The number of nitro groups is 1. The van der Waals surface area contributed by atoms with Crippen molar-refractivity contribution in [2.45, 2.75) is 49.8 Å². The van der Waals surface area contributed by atoms with E-state index in [9.17, 15) is 14.9 Å². The van der Waals surface area contributed by atoms with E-state index in [0.717, 1.165) is 35.4 Å². The zero-order valence-corrected chi connectivity index (χ0v) is 24.4. The van der Waals surface area contributed by atoms with Crippen molar-refractivity contribution in [1.29, 1.82) is 0 Å². The van der Waals surface area contributed by atoms with E-state index < -0.39 is 0 Å². The molecule has 1 aromatic heterocycles. The normalized spacial score (nSPS) is 15.1. The van der Waals surface area contributed by atoms with Crippen molar-refractivity contribution in [3.05, 3.63) is 111 Å². The predicted octanol–water partition coefficient (Wildman–Crippen LogP) is 8.96. The molecule has 204 valence electrons. The van der Waals surface area contributed by atoms with Crippen molar-refractivity contribution in [1.82, 2.24) is 0 Å². The highest BCUT2D eigenvalue weighted by Gasteiger charge is 2.33. The van der Waals surface area contributed by atoms with Crippen molar-refractivity contribution in [2.75, 3.05) is 5.32 Å². The Balaban J connectivity index is 1.48. The smallest absolute Gasteiger partial charge is 0.283 e. The molecule has 0 saturated heterocycles. The number of nitrogens with zero attached hydrogens (tertiary/aromatic N) is 2. The number of anilines is 1. The predicted molar refractivity (Wildman–Crippen MR) is 165 cm³/mol. The van der Waals surface area contributed by atoms with Gasteiger partial charge in [0.25, 0.3) is 11.6 Å². The molecule has 1 heterocycles. The van der Waals surface area contributed by atoms with Crippen LogP contribution in [-0.4, -0.2) is 17.0 Å². The van der Waals surface area contributed by atoms with Crippen LogP contribution in [0.3, 0.4) is 0 Å². The average Bonchev–Trinajstić information content (AvgIpc) is 3.31. The number of benzene rings is 3. The zero-order valence-electron chi connectivity index (χ0n) is 22.7. The summed E-state index contributed by atoms with van der Waals surface area (Å²) in [6.07, 6.45) is 4.40. The number of hydrogen-bond donors (Lipinski definition) is 1. The van der Waals surface area contributed by atoms with E-state index in [1.165, 1.54) is 16.6 Å². The van der Waals surface area contributed by atoms with Gasteiger partial charge in [0.05, 0.1) is 15.4 Å². The first kappa shape index (κ1) is 27.8. The molecule has 1 N–H and O–H groups in total. The lowest BCUT2D eigenvalue weighted by Gasteiger charge is -2.33. The van der Waals surface area contributed by atoms with Gasteiger partial charge in [0.2, 0.25) is 0 Å². The van der Waals surface area contributed by atoms with Gasteiger partial charge in [0.1, 0.15) is 5.00 Å². The van der Waals surface area contributed by atoms with Gasteiger partial charge in [-0.3, -0.25) is 14.9 Å². The fraction of sp³-hybridized carbons (Fsp3) is 0.250. The Morgan fingerprint density at radius 2 is 1.77 bits per heavy atom. The third-order valence-electron chi connectivity index (χ3n) is 7.21. The van der Waals surface area contributed by atoms with Crippen LogP contribution in [0.2, 0.25) is 0 Å². The van der Waals surface area contributed by atoms with Crippen LogP contribution in [0.15, 0.2) is 93.6 Å². The molecule has 0 spiro atoms. The highest BCUT2D eigenvalue weighted by Crippen LogP contribution is 2.45. The third kappa shape index (κ3) is 6.35. The first-order chi connectivity index (χ1) is 19.2. The number of nitrogens with one attached hydrogen (secondary N) is 1. The van der Waals surface area contributed by atoms with Gasteiger partial charge in [-0.15, -0.1) is 11.3 Å². The van der Waals surface area contributed by atoms with Gasteiger partial charge in [-0.05, 0) is 72.1 Å². The quantitative estimate of drug-likeness (QED) is 0.137. The standard InChI is InChI=1S/C32H31N3O3S2/c1-32(2,3)22-15-16-25-28(19-22)40-31(29(25)30(36)34-23-10-6-4-7-11-23)33-20-21-14-17-27(26(18-21)35(37)38)39-24-12-8-5-9-13-24/h4-14,17-18,20,22H,15-16,19H2,1-3H3,(H,34,36)/t22-/m1/s1. The second kappa shape index (κ2) is 11.8. The highest BCUT2D eigenvalue weighted by molar-refractivity contribution is 7.99. The molecule has 0 saturated carbocycles. The van der Waals surface area contributed by atoms with Crippen molar-refractivity contribution in [3.63, 3.8) is 0 Å². The molecule has 0 aliphatic heterocycles. The molecule has 1 aliphatic carbocycles. The molecule has 0 bridgehead atoms. The van der Waals surface area contributed by atoms with E-state index in [4.69, 9.17) is 4.99 Å². The summed E-state index contributed by atoms with van der Waals surface area (Å²) in [4.78, 5) is 32.5. The lowest BCUT2D eigenvalue weighted by molar-refractivity contribution is -0.387. The first-order valence-electron chi connectivity index (χ1n) is 13.3. The van der Waals surface area contributed by atoms with Gasteiger partial charge in [-0.25, -0.2) is 4.99 Å². The number of para-hydroxylation sites is 1. The van der Waals surface area contributed by atoms with Crippen molar-refractivity contribution in [3.8, 4) is 0 Å². The van der Waals surface area contributed by atoms with Crippen molar-refractivity contribution < 1.29 is 9.72 Å². The molecule has 5 rings (SSSR count). The number of fused-ring (bicyclic) bond motifs is 1. The second-order valence-corrected chi connectivity index (χ2v) is 13.2. The van der Waals surface area contributed by atoms with E-state index in [1.54, 1.807) is 29.7 Å². The Labute approximate surface area is 242 Å². The summed E-state index contributed by atoms with van der Waals surface area (Å²) in [6.45, 7) is 6.81. The van der Waals surface area contributed by atoms with Gasteiger partial charge < -0.3 is 5.32 Å². The molecule has 40 heavy (non-hydrogen) atoms. The Morgan fingerprint density at radius 1 is 1.07 bits per heavy atom. The fourth-order valence-corrected chi connectivity index (χ4v) is 7.13. The molecule has 0 unspecified atom stereocenters. The Hall–Kier alpha value is -3.75. The number of aliphatic imine (C=N–C) groups is 1. The van der Waals surface area contributed by atoms with Crippen LogP contribution < -0.4 is 5.32 Å². The largest absolute Gasteiger partial charge is 0.322 e. The second-order valence-electron chi connectivity index (χ2n) is 11.0. The first-order valence-corrected chi connectivity index (χ1v) is 14.9. The van der Waals surface area contributed by atoms with Crippen LogP contribution in [0.4, 0.5) is 16.4 Å². The monoisotopic (exact) mass is 569 g/mol. The molecule has 1 aliphatic rings. The maximum Gasteiger partial charge on any atom is 0.283 e. The van der Waals surface area contributed by atoms with Gasteiger partial charge in [0.15, 0.2) is 0 Å². The van der Waals surface area contributed by atoms with Crippen LogP contribution >= 0.6 is 23.1 Å². The van der Waals surface area contributed by atoms with E-state index in [-0.39, 0.29) is 21.9 Å².